The molecule has 0 aliphatic carbocycles. The molecule has 3 aromatic rings. The highest BCUT2D eigenvalue weighted by atomic mass is 16.5. The number of fused-ring (bicyclic) bond motifs is 2. The molecule has 0 spiro atoms. The van der Waals surface area contributed by atoms with Crippen LogP contribution >= 0.6 is 0 Å². The molecule has 0 bridgehead atoms. The summed E-state index contributed by atoms with van der Waals surface area (Å²) in [5.41, 5.74) is 0. The Labute approximate surface area is 255 Å². The first-order chi connectivity index (χ1) is 20.8. The molecule has 4 heteroatoms. The highest BCUT2D eigenvalue weighted by Crippen LogP contribution is 2.35. The van der Waals surface area contributed by atoms with Crippen LogP contribution in [0.25, 0.3) is 21.5 Å². The first-order valence-electron chi connectivity index (χ1n) is 17.3. The summed E-state index contributed by atoms with van der Waals surface area (Å²) in [6.07, 6.45) is 24.4. The van der Waals surface area contributed by atoms with Gasteiger partial charge in [0.1, 0.15) is 0 Å². The van der Waals surface area contributed by atoms with Crippen molar-refractivity contribution in [3.8, 4) is 11.5 Å². The van der Waals surface area contributed by atoms with Crippen LogP contribution in [-0.4, -0.2) is 36.6 Å². The van der Waals surface area contributed by atoms with Crippen molar-refractivity contribution in [2.45, 2.75) is 128 Å². The summed E-state index contributed by atoms with van der Waals surface area (Å²) in [6, 6.07) is 17.4. The maximum Gasteiger partial charge on any atom is 0.161 e. The van der Waals surface area contributed by atoms with Crippen molar-refractivity contribution in [1.82, 2.24) is 0 Å². The molecule has 234 valence electrons. The minimum absolute atomic E-state index is 0.334. The standard InChI is InChI=1S/C38H58O4/c39-25-19-13-9-5-1-3-7-11-15-21-27-41-37-31-35-29-33-23-17-18-24-34(33)30-36(35)32-38(37)42-28-22-16-12-8-4-2-6-10-14-20-26-40/h17-18,23-24,29-32,39-40H,1-16,19-22,25-28H2. The average molecular weight is 579 g/mol. The van der Waals surface area contributed by atoms with Gasteiger partial charge in [-0.25, -0.2) is 0 Å². The zero-order valence-corrected chi connectivity index (χ0v) is 26.3. The van der Waals surface area contributed by atoms with Gasteiger partial charge in [0, 0.05) is 13.2 Å². The molecule has 0 aliphatic rings. The summed E-state index contributed by atoms with van der Waals surface area (Å²) in [4.78, 5) is 0. The number of ether oxygens (including phenoxy) is 2. The van der Waals surface area contributed by atoms with Gasteiger partial charge >= 0.3 is 0 Å². The number of hydrogen-bond donors (Lipinski definition) is 2. The fraction of sp³-hybridized carbons (Fsp3) is 0.632. The van der Waals surface area contributed by atoms with Gasteiger partial charge in [-0.2, -0.15) is 0 Å². The molecule has 0 saturated carbocycles. The SMILES string of the molecule is OCCCCCCCCCCCCOc1cc2cc3ccccc3cc2cc1OCCCCCCCCCCCCO. The molecule has 0 radical (unpaired) electrons. The van der Waals surface area contributed by atoms with Gasteiger partial charge in [0.05, 0.1) is 13.2 Å². The van der Waals surface area contributed by atoms with Crippen LogP contribution < -0.4 is 9.47 Å². The Bertz CT molecular complexity index is 1010. The molecule has 0 heterocycles. The lowest BCUT2D eigenvalue weighted by Crippen LogP contribution is -2.03. The van der Waals surface area contributed by atoms with Gasteiger partial charge in [-0.3, -0.25) is 0 Å². The molecule has 0 fully saturated rings. The fourth-order valence-electron chi connectivity index (χ4n) is 5.80. The number of aliphatic hydroxyl groups excluding tert-OH is 2. The van der Waals surface area contributed by atoms with Crippen molar-refractivity contribution in [2.24, 2.45) is 0 Å². The zero-order chi connectivity index (χ0) is 29.5. The van der Waals surface area contributed by atoms with E-state index in [1.165, 1.54) is 111 Å². The van der Waals surface area contributed by atoms with Gasteiger partial charge < -0.3 is 19.7 Å². The Hall–Kier alpha value is -2.30. The maximum absolute atomic E-state index is 8.87. The third-order valence-corrected chi connectivity index (χ3v) is 8.39. The molecule has 0 unspecified atom stereocenters. The van der Waals surface area contributed by atoms with Crippen molar-refractivity contribution in [2.75, 3.05) is 26.4 Å². The van der Waals surface area contributed by atoms with Crippen molar-refractivity contribution in [1.29, 1.82) is 0 Å². The van der Waals surface area contributed by atoms with Crippen LogP contribution in [-0.2, 0) is 0 Å². The molecule has 0 aromatic heterocycles. The van der Waals surface area contributed by atoms with E-state index in [0.717, 1.165) is 63.2 Å². The normalized spacial score (nSPS) is 11.5. The zero-order valence-electron chi connectivity index (χ0n) is 26.3. The van der Waals surface area contributed by atoms with Crippen LogP contribution in [0.2, 0.25) is 0 Å². The van der Waals surface area contributed by atoms with Crippen molar-refractivity contribution >= 4 is 21.5 Å². The summed E-state index contributed by atoms with van der Waals surface area (Å²) in [7, 11) is 0. The van der Waals surface area contributed by atoms with E-state index < -0.39 is 0 Å². The minimum Gasteiger partial charge on any atom is -0.490 e. The topological polar surface area (TPSA) is 58.9 Å². The molecule has 3 aromatic carbocycles. The van der Waals surface area contributed by atoms with E-state index in [0.29, 0.717) is 13.2 Å². The second-order valence-electron chi connectivity index (χ2n) is 12.1. The van der Waals surface area contributed by atoms with Crippen LogP contribution in [0.4, 0.5) is 0 Å². The smallest absolute Gasteiger partial charge is 0.161 e. The van der Waals surface area contributed by atoms with E-state index >= 15 is 0 Å². The minimum atomic E-state index is 0.334. The molecule has 0 amide bonds. The first kappa shape index (κ1) is 34.2. The van der Waals surface area contributed by atoms with Gasteiger partial charge in [-0.1, -0.05) is 127 Å². The van der Waals surface area contributed by atoms with E-state index in [2.05, 4.69) is 48.5 Å². The summed E-state index contributed by atoms with van der Waals surface area (Å²) in [6.45, 7) is 2.13. The third kappa shape index (κ3) is 13.8. The van der Waals surface area contributed by atoms with Crippen LogP contribution in [0.15, 0.2) is 48.5 Å². The molecular formula is C38H58O4. The largest absolute Gasteiger partial charge is 0.490 e. The van der Waals surface area contributed by atoms with Crippen LogP contribution in [0.5, 0.6) is 11.5 Å². The number of rotatable bonds is 26. The fourth-order valence-corrected chi connectivity index (χ4v) is 5.80. The lowest BCUT2D eigenvalue weighted by Gasteiger charge is -2.15. The molecule has 4 nitrogen and oxygen atoms in total. The number of benzene rings is 3. The molecular weight excluding hydrogens is 520 g/mol. The number of unbranched alkanes of at least 4 members (excludes halogenated alkanes) is 18. The lowest BCUT2D eigenvalue weighted by molar-refractivity contribution is 0.259. The van der Waals surface area contributed by atoms with Gasteiger partial charge in [0.2, 0.25) is 0 Å². The van der Waals surface area contributed by atoms with E-state index in [1.807, 2.05) is 0 Å². The monoisotopic (exact) mass is 578 g/mol. The van der Waals surface area contributed by atoms with Crippen molar-refractivity contribution in [3.05, 3.63) is 48.5 Å². The molecule has 0 aliphatic heterocycles. The lowest BCUT2D eigenvalue weighted by atomic mass is 10.0. The molecule has 0 atom stereocenters. The van der Waals surface area contributed by atoms with E-state index in [1.54, 1.807) is 0 Å². The Balaban J connectivity index is 1.40. The predicted molar refractivity (Wildman–Crippen MR) is 179 cm³/mol. The van der Waals surface area contributed by atoms with Crippen LogP contribution in [0.1, 0.15) is 128 Å². The second kappa shape index (κ2) is 22.3. The highest BCUT2D eigenvalue weighted by molar-refractivity contribution is 5.99. The summed E-state index contributed by atoms with van der Waals surface area (Å²) < 4.78 is 12.7. The maximum atomic E-state index is 8.87. The molecule has 2 N–H and O–H groups in total. The Morgan fingerprint density at radius 1 is 0.357 bits per heavy atom. The van der Waals surface area contributed by atoms with Gasteiger partial charge in [-0.15, -0.1) is 0 Å². The quantitative estimate of drug-likeness (QED) is 0.0735. The van der Waals surface area contributed by atoms with E-state index in [4.69, 9.17) is 19.7 Å². The van der Waals surface area contributed by atoms with Crippen LogP contribution in [0.3, 0.4) is 0 Å². The average Bonchev–Trinajstić information content (AvgIpc) is 3.01. The Kier molecular flexibility index (Phi) is 18.1. The highest BCUT2D eigenvalue weighted by Gasteiger charge is 2.10. The second-order valence-corrected chi connectivity index (χ2v) is 12.1. The molecule has 0 saturated heterocycles. The third-order valence-electron chi connectivity index (χ3n) is 8.39. The van der Waals surface area contributed by atoms with Crippen molar-refractivity contribution in [3.63, 3.8) is 0 Å². The summed E-state index contributed by atoms with van der Waals surface area (Å²) >= 11 is 0. The molecule has 42 heavy (non-hydrogen) atoms. The molecule has 3 rings (SSSR count). The number of hydrogen-bond acceptors (Lipinski definition) is 4. The van der Waals surface area contributed by atoms with Gasteiger partial charge in [0.15, 0.2) is 11.5 Å². The number of aliphatic hydroxyl groups is 2. The van der Waals surface area contributed by atoms with Gasteiger partial charge in [-0.05, 0) is 71.5 Å². The first-order valence-corrected chi connectivity index (χ1v) is 17.3. The van der Waals surface area contributed by atoms with E-state index in [-0.39, 0.29) is 0 Å². The van der Waals surface area contributed by atoms with E-state index in [9.17, 15) is 0 Å². The van der Waals surface area contributed by atoms with Crippen LogP contribution in [0, 0.1) is 0 Å². The predicted octanol–water partition coefficient (Wildman–Crippen LogP) is 10.5. The van der Waals surface area contributed by atoms with Crippen molar-refractivity contribution < 1.29 is 19.7 Å². The Morgan fingerprint density at radius 3 is 1.00 bits per heavy atom. The Morgan fingerprint density at radius 2 is 0.667 bits per heavy atom. The summed E-state index contributed by atoms with van der Waals surface area (Å²) in [5, 5.41) is 22.6. The summed E-state index contributed by atoms with van der Waals surface area (Å²) in [5.74, 6) is 1.75. The van der Waals surface area contributed by atoms with Gasteiger partial charge in [0.25, 0.3) is 0 Å².